The molecule has 1 atom stereocenters. The second kappa shape index (κ2) is 3.92. The van der Waals surface area contributed by atoms with Gasteiger partial charge in [-0.25, -0.2) is 0 Å². The maximum atomic E-state index is 4.11. The van der Waals surface area contributed by atoms with Crippen LogP contribution in [0.4, 0.5) is 0 Å². The van der Waals surface area contributed by atoms with E-state index in [4.69, 9.17) is 0 Å². The van der Waals surface area contributed by atoms with Crippen LogP contribution in [0.15, 0.2) is 24.5 Å². The minimum atomic E-state index is 0.512. The minimum Gasteiger partial charge on any atom is -0.308 e. The van der Waals surface area contributed by atoms with Gasteiger partial charge in [0.2, 0.25) is 0 Å². The highest BCUT2D eigenvalue weighted by molar-refractivity contribution is 7.99. The van der Waals surface area contributed by atoms with E-state index in [-0.39, 0.29) is 0 Å². The zero-order valence-corrected chi connectivity index (χ0v) is 7.68. The second-order valence-corrected chi connectivity index (χ2v) is 4.02. The first-order valence-electron chi connectivity index (χ1n) is 4.18. The van der Waals surface area contributed by atoms with Gasteiger partial charge in [0.05, 0.1) is 0 Å². The lowest BCUT2D eigenvalue weighted by Crippen LogP contribution is -2.30. The van der Waals surface area contributed by atoms with Gasteiger partial charge in [-0.3, -0.25) is 4.98 Å². The first-order valence-corrected chi connectivity index (χ1v) is 5.33. The Morgan fingerprint density at radius 3 is 3.25 bits per heavy atom. The molecule has 0 unspecified atom stereocenters. The van der Waals surface area contributed by atoms with Crippen LogP contribution in [-0.2, 0) is 0 Å². The van der Waals surface area contributed by atoms with Gasteiger partial charge in [0.15, 0.2) is 0 Å². The summed E-state index contributed by atoms with van der Waals surface area (Å²) in [6.45, 7) is 1.12. The predicted octanol–water partition coefficient (Wildman–Crippen LogP) is 1.46. The molecule has 0 radical (unpaired) electrons. The average molecular weight is 180 g/mol. The van der Waals surface area contributed by atoms with Crippen molar-refractivity contribution in [1.82, 2.24) is 10.3 Å². The van der Waals surface area contributed by atoms with Gasteiger partial charge in [0, 0.05) is 36.5 Å². The number of thioether (sulfide) groups is 1. The molecule has 2 heterocycles. The Kier molecular flexibility index (Phi) is 2.64. The van der Waals surface area contributed by atoms with Gasteiger partial charge in [-0.15, -0.1) is 0 Å². The van der Waals surface area contributed by atoms with Gasteiger partial charge in [-0.2, -0.15) is 11.8 Å². The van der Waals surface area contributed by atoms with Crippen molar-refractivity contribution in [3.63, 3.8) is 0 Å². The summed E-state index contributed by atoms with van der Waals surface area (Å²) in [5, 5.41) is 3.47. The van der Waals surface area contributed by atoms with E-state index >= 15 is 0 Å². The Balaban J connectivity index is 2.08. The zero-order valence-electron chi connectivity index (χ0n) is 6.86. The Hall–Kier alpha value is -0.540. The van der Waals surface area contributed by atoms with Crippen LogP contribution in [-0.4, -0.2) is 23.0 Å². The molecule has 1 aromatic rings. The molecule has 64 valence electrons. The summed E-state index contributed by atoms with van der Waals surface area (Å²) in [4.78, 5) is 4.11. The maximum Gasteiger partial charge on any atom is 0.0427 e. The Morgan fingerprint density at radius 1 is 1.58 bits per heavy atom. The second-order valence-electron chi connectivity index (χ2n) is 2.87. The molecule has 1 fully saturated rings. The average Bonchev–Trinajstić information content (AvgIpc) is 2.21. The van der Waals surface area contributed by atoms with Crippen molar-refractivity contribution in [1.29, 1.82) is 0 Å². The summed E-state index contributed by atoms with van der Waals surface area (Å²) < 4.78 is 0. The normalized spacial score (nSPS) is 23.8. The standard InChI is InChI=1S/C9H12N2S/c1-2-8(6-10-3-1)9-7-12-5-4-11-9/h1-3,6,9,11H,4-5,7H2/t9-/m0/s1. The molecule has 1 aliphatic heterocycles. The number of pyridine rings is 1. The van der Waals surface area contributed by atoms with E-state index in [0.29, 0.717) is 6.04 Å². The van der Waals surface area contributed by atoms with Gasteiger partial charge in [0.1, 0.15) is 0 Å². The number of rotatable bonds is 1. The monoisotopic (exact) mass is 180 g/mol. The van der Waals surface area contributed by atoms with E-state index in [9.17, 15) is 0 Å². The van der Waals surface area contributed by atoms with E-state index in [1.165, 1.54) is 17.1 Å². The first kappa shape index (κ1) is 8.08. The van der Waals surface area contributed by atoms with Crippen LogP contribution in [0.5, 0.6) is 0 Å². The minimum absolute atomic E-state index is 0.512. The molecule has 1 saturated heterocycles. The number of hydrogen-bond acceptors (Lipinski definition) is 3. The van der Waals surface area contributed by atoms with E-state index in [2.05, 4.69) is 16.4 Å². The molecule has 1 aliphatic rings. The highest BCUT2D eigenvalue weighted by Gasteiger charge is 2.14. The predicted molar refractivity (Wildman–Crippen MR) is 52.3 cm³/mol. The summed E-state index contributed by atoms with van der Waals surface area (Å²) in [7, 11) is 0. The van der Waals surface area contributed by atoms with Crippen molar-refractivity contribution in [2.24, 2.45) is 0 Å². The molecule has 1 N–H and O–H groups in total. The molecule has 0 amide bonds. The summed E-state index contributed by atoms with van der Waals surface area (Å²) in [5.41, 5.74) is 1.31. The van der Waals surface area contributed by atoms with Gasteiger partial charge in [-0.05, 0) is 11.6 Å². The quantitative estimate of drug-likeness (QED) is 0.708. The third-order valence-electron chi connectivity index (χ3n) is 2.01. The van der Waals surface area contributed by atoms with Gasteiger partial charge >= 0.3 is 0 Å². The molecule has 1 aromatic heterocycles. The fourth-order valence-corrected chi connectivity index (χ4v) is 2.34. The van der Waals surface area contributed by atoms with E-state index in [1.807, 2.05) is 30.2 Å². The van der Waals surface area contributed by atoms with Crippen molar-refractivity contribution in [2.75, 3.05) is 18.1 Å². The van der Waals surface area contributed by atoms with Crippen LogP contribution in [0.3, 0.4) is 0 Å². The lowest BCUT2D eigenvalue weighted by molar-refractivity contribution is 0.593. The molecule has 2 rings (SSSR count). The van der Waals surface area contributed by atoms with Gasteiger partial charge < -0.3 is 5.32 Å². The number of nitrogens with zero attached hydrogens (tertiary/aromatic N) is 1. The van der Waals surface area contributed by atoms with Crippen molar-refractivity contribution in [3.8, 4) is 0 Å². The van der Waals surface area contributed by atoms with Gasteiger partial charge in [0.25, 0.3) is 0 Å². The molecule has 0 saturated carbocycles. The SMILES string of the molecule is c1cncc([C@@H]2CSCCN2)c1. The summed E-state index contributed by atoms with van der Waals surface area (Å²) in [6.07, 6.45) is 3.77. The molecular formula is C9H12N2S. The van der Waals surface area contributed by atoms with E-state index in [1.54, 1.807) is 0 Å². The van der Waals surface area contributed by atoms with Crippen molar-refractivity contribution < 1.29 is 0 Å². The highest BCUT2D eigenvalue weighted by Crippen LogP contribution is 2.20. The summed E-state index contributed by atoms with van der Waals surface area (Å²) in [5.74, 6) is 2.41. The van der Waals surface area contributed by atoms with Crippen LogP contribution in [0, 0.1) is 0 Å². The Bertz CT molecular complexity index is 232. The number of hydrogen-bond donors (Lipinski definition) is 1. The summed E-state index contributed by atoms with van der Waals surface area (Å²) >= 11 is 2.01. The Labute approximate surface area is 76.8 Å². The smallest absolute Gasteiger partial charge is 0.0427 e. The molecule has 0 spiro atoms. The fourth-order valence-electron chi connectivity index (χ4n) is 1.36. The Morgan fingerprint density at radius 2 is 2.58 bits per heavy atom. The first-order chi connectivity index (χ1) is 5.97. The van der Waals surface area contributed by atoms with Crippen molar-refractivity contribution >= 4 is 11.8 Å². The molecular weight excluding hydrogens is 168 g/mol. The third-order valence-corrected chi connectivity index (χ3v) is 3.07. The van der Waals surface area contributed by atoms with Gasteiger partial charge in [-0.1, -0.05) is 6.07 Å². The number of nitrogens with one attached hydrogen (secondary N) is 1. The zero-order chi connectivity index (χ0) is 8.23. The van der Waals surface area contributed by atoms with E-state index < -0.39 is 0 Å². The molecule has 12 heavy (non-hydrogen) atoms. The largest absolute Gasteiger partial charge is 0.308 e. The van der Waals surface area contributed by atoms with Crippen LogP contribution in [0.1, 0.15) is 11.6 Å². The van der Waals surface area contributed by atoms with Crippen molar-refractivity contribution in [3.05, 3.63) is 30.1 Å². The molecule has 2 nitrogen and oxygen atoms in total. The van der Waals surface area contributed by atoms with Crippen LogP contribution < -0.4 is 5.32 Å². The highest BCUT2D eigenvalue weighted by atomic mass is 32.2. The third kappa shape index (κ3) is 1.79. The number of aromatic nitrogens is 1. The van der Waals surface area contributed by atoms with Crippen LogP contribution in [0.25, 0.3) is 0 Å². The topological polar surface area (TPSA) is 24.9 Å². The van der Waals surface area contributed by atoms with Crippen LogP contribution in [0.2, 0.25) is 0 Å². The maximum absolute atomic E-state index is 4.11. The fraction of sp³-hybridized carbons (Fsp3) is 0.444. The molecule has 0 aromatic carbocycles. The lowest BCUT2D eigenvalue weighted by atomic mass is 10.1. The molecule has 3 heteroatoms. The van der Waals surface area contributed by atoms with Crippen molar-refractivity contribution in [2.45, 2.75) is 6.04 Å². The van der Waals surface area contributed by atoms with E-state index in [0.717, 1.165) is 6.54 Å². The molecule has 0 aliphatic carbocycles. The lowest BCUT2D eigenvalue weighted by Gasteiger charge is -2.22. The summed E-state index contributed by atoms with van der Waals surface area (Å²) in [6, 6.07) is 4.64. The van der Waals surface area contributed by atoms with Crippen LogP contribution >= 0.6 is 11.8 Å². The molecule has 0 bridgehead atoms.